The zero-order valence-corrected chi connectivity index (χ0v) is 11.4. The standard InChI is InChI=1S/C16H16F2O2/c1-3-20-15-6-4-5-11(9-15)16(2,19)12-7-13(17)10-14(18)8-12/h4-10,19H,3H2,1-2H3. The number of aliphatic hydroxyl groups is 1. The minimum absolute atomic E-state index is 0.156. The summed E-state index contributed by atoms with van der Waals surface area (Å²) < 4.78 is 32.0. The molecule has 0 fully saturated rings. The van der Waals surface area contributed by atoms with Crippen LogP contribution >= 0.6 is 0 Å². The third-order valence-corrected chi connectivity index (χ3v) is 3.13. The molecule has 0 spiro atoms. The first-order chi connectivity index (χ1) is 9.43. The third kappa shape index (κ3) is 2.96. The van der Waals surface area contributed by atoms with Crippen molar-refractivity contribution in [3.05, 3.63) is 65.2 Å². The summed E-state index contributed by atoms with van der Waals surface area (Å²) in [6, 6.07) is 9.85. The van der Waals surface area contributed by atoms with E-state index in [-0.39, 0.29) is 5.56 Å². The first-order valence-electron chi connectivity index (χ1n) is 6.35. The fraction of sp³-hybridized carbons (Fsp3) is 0.250. The van der Waals surface area contributed by atoms with Gasteiger partial charge in [-0.2, -0.15) is 0 Å². The van der Waals surface area contributed by atoms with Crippen molar-refractivity contribution in [1.29, 1.82) is 0 Å². The molecule has 0 saturated heterocycles. The van der Waals surface area contributed by atoms with Gasteiger partial charge in [0.2, 0.25) is 0 Å². The number of benzene rings is 2. The summed E-state index contributed by atoms with van der Waals surface area (Å²) in [5.41, 5.74) is -0.840. The van der Waals surface area contributed by atoms with Gasteiger partial charge in [-0.05, 0) is 49.2 Å². The van der Waals surface area contributed by atoms with Gasteiger partial charge in [0.05, 0.1) is 6.61 Å². The Balaban J connectivity index is 2.45. The molecule has 0 amide bonds. The van der Waals surface area contributed by atoms with Gasteiger partial charge in [-0.1, -0.05) is 12.1 Å². The lowest BCUT2D eigenvalue weighted by molar-refractivity contribution is 0.101. The SMILES string of the molecule is CCOc1cccc(C(C)(O)c2cc(F)cc(F)c2)c1. The van der Waals surface area contributed by atoms with Gasteiger partial charge in [0.25, 0.3) is 0 Å². The van der Waals surface area contributed by atoms with E-state index in [1.165, 1.54) is 6.92 Å². The molecule has 0 aliphatic rings. The minimum atomic E-state index is -1.50. The molecular weight excluding hydrogens is 262 g/mol. The Kier molecular flexibility index (Phi) is 4.04. The van der Waals surface area contributed by atoms with Crippen LogP contribution in [-0.4, -0.2) is 11.7 Å². The van der Waals surface area contributed by atoms with E-state index in [4.69, 9.17) is 4.74 Å². The summed E-state index contributed by atoms with van der Waals surface area (Å²) >= 11 is 0. The first-order valence-corrected chi connectivity index (χ1v) is 6.35. The van der Waals surface area contributed by atoms with E-state index >= 15 is 0 Å². The smallest absolute Gasteiger partial charge is 0.126 e. The van der Waals surface area contributed by atoms with E-state index in [1.54, 1.807) is 24.3 Å². The largest absolute Gasteiger partial charge is 0.494 e. The van der Waals surface area contributed by atoms with Crippen LogP contribution in [0.25, 0.3) is 0 Å². The van der Waals surface area contributed by atoms with Gasteiger partial charge in [-0.15, -0.1) is 0 Å². The Morgan fingerprint density at radius 1 is 1.05 bits per heavy atom. The van der Waals surface area contributed by atoms with Gasteiger partial charge in [0, 0.05) is 6.07 Å². The van der Waals surface area contributed by atoms with E-state index < -0.39 is 17.2 Å². The van der Waals surface area contributed by atoms with Crippen LogP contribution in [-0.2, 0) is 5.60 Å². The van der Waals surface area contributed by atoms with Crippen molar-refractivity contribution >= 4 is 0 Å². The maximum Gasteiger partial charge on any atom is 0.126 e. The second-order valence-electron chi connectivity index (χ2n) is 4.69. The molecule has 0 aromatic heterocycles. The highest BCUT2D eigenvalue weighted by molar-refractivity contribution is 5.39. The van der Waals surface area contributed by atoms with Crippen LogP contribution in [0.4, 0.5) is 8.78 Å². The summed E-state index contributed by atoms with van der Waals surface area (Å²) in [4.78, 5) is 0. The molecule has 2 nitrogen and oxygen atoms in total. The second kappa shape index (κ2) is 5.59. The number of halogens is 2. The summed E-state index contributed by atoms with van der Waals surface area (Å²) in [7, 11) is 0. The molecule has 0 heterocycles. The maximum absolute atomic E-state index is 13.3. The quantitative estimate of drug-likeness (QED) is 0.925. The fourth-order valence-electron chi connectivity index (χ4n) is 2.06. The highest BCUT2D eigenvalue weighted by atomic mass is 19.1. The molecule has 4 heteroatoms. The topological polar surface area (TPSA) is 29.5 Å². The molecule has 0 aliphatic heterocycles. The molecule has 2 rings (SSSR count). The van der Waals surface area contributed by atoms with Crippen molar-refractivity contribution in [2.45, 2.75) is 19.4 Å². The van der Waals surface area contributed by atoms with E-state index in [2.05, 4.69) is 0 Å². The lowest BCUT2D eigenvalue weighted by Gasteiger charge is -2.25. The van der Waals surface area contributed by atoms with E-state index in [0.29, 0.717) is 17.9 Å². The number of rotatable bonds is 4. The first kappa shape index (κ1) is 14.5. The predicted octanol–water partition coefficient (Wildman–Crippen LogP) is 3.62. The van der Waals surface area contributed by atoms with Gasteiger partial charge < -0.3 is 9.84 Å². The van der Waals surface area contributed by atoms with Crippen LogP contribution in [0.2, 0.25) is 0 Å². The zero-order valence-electron chi connectivity index (χ0n) is 11.4. The summed E-state index contributed by atoms with van der Waals surface area (Å²) in [5, 5.41) is 10.6. The van der Waals surface area contributed by atoms with Crippen LogP contribution in [0.5, 0.6) is 5.75 Å². The van der Waals surface area contributed by atoms with Gasteiger partial charge in [0.1, 0.15) is 23.0 Å². The molecule has 0 radical (unpaired) electrons. The van der Waals surface area contributed by atoms with E-state index in [1.807, 2.05) is 6.92 Å². The Bertz CT molecular complexity index is 589. The third-order valence-electron chi connectivity index (χ3n) is 3.13. The number of hydrogen-bond acceptors (Lipinski definition) is 2. The van der Waals surface area contributed by atoms with Crippen molar-refractivity contribution in [3.8, 4) is 5.75 Å². The van der Waals surface area contributed by atoms with E-state index in [0.717, 1.165) is 18.2 Å². The normalized spacial score (nSPS) is 13.8. The fourth-order valence-corrected chi connectivity index (χ4v) is 2.06. The van der Waals surface area contributed by atoms with Crippen LogP contribution < -0.4 is 4.74 Å². The molecule has 2 aromatic rings. The van der Waals surface area contributed by atoms with Crippen molar-refractivity contribution in [1.82, 2.24) is 0 Å². The molecule has 1 unspecified atom stereocenters. The lowest BCUT2D eigenvalue weighted by Crippen LogP contribution is -2.23. The van der Waals surface area contributed by atoms with E-state index in [9.17, 15) is 13.9 Å². The van der Waals surface area contributed by atoms with Crippen molar-refractivity contribution in [2.24, 2.45) is 0 Å². The average molecular weight is 278 g/mol. The van der Waals surface area contributed by atoms with Gasteiger partial charge in [0.15, 0.2) is 0 Å². The van der Waals surface area contributed by atoms with Crippen LogP contribution in [0, 0.1) is 11.6 Å². The molecule has 1 atom stereocenters. The van der Waals surface area contributed by atoms with Crippen LogP contribution in [0.15, 0.2) is 42.5 Å². The average Bonchev–Trinajstić information content (AvgIpc) is 2.38. The lowest BCUT2D eigenvalue weighted by atomic mass is 9.88. The molecule has 106 valence electrons. The molecule has 1 N–H and O–H groups in total. The molecule has 0 bridgehead atoms. The Morgan fingerprint density at radius 2 is 1.70 bits per heavy atom. The van der Waals surface area contributed by atoms with Gasteiger partial charge >= 0.3 is 0 Å². The summed E-state index contributed by atoms with van der Waals surface area (Å²) in [5.74, 6) is -0.843. The molecular formula is C16H16F2O2. The van der Waals surface area contributed by atoms with Crippen molar-refractivity contribution in [2.75, 3.05) is 6.61 Å². The zero-order chi connectivity index (χ0) is 14.8. The van der Waals surface area contributed by atoms with Crippen LogP contribution in [0.1, 0.15) is 25.0 Å². The summed E-state index contributed by atoms with van der Waals surface area (Å²) in [6.45, 7) is 3.85. The van der Waals surface area contributed by atoms with Crippen molar-refractivity contribution < 1.29 is 18.6 Å². The Hall–Kier alpha value is -1.94. The monoisotopic (exact) mass is 278 g/mol. The highest BCUT2D eigenvalue weighted by Crippen LogP contribution is 2.32. The van der Waals surface area contributed by atoms with Gasteiger partial charge in [-0.3, -0.25) is 0 Å². The molecule has 20 heavy (non-hydrogen) atoms. The Labute approximate surface area is 116 Å². The number of ether oxygens (including phenoxy) is 1. The minimum Gasteiger partial charge on any atom is -0.494 e. The second-order valence-corrected chi connectivity index (χ2v) is 4.69. The molecule has 0 aliphatic carbocycles. The molecule has 0 saturated carbocycles. The molecule has 2 aromatic carbocycles. The maximum atomic E-state index is 13.3. The van der Waals surface area contributed by atoms with Gasteiger partial charge in [-0.25, -0.2) is 8.78 Å². The highest BCUT2D eigenvalue weighted by Gasteiger charge is 2.27. The number of hydrogen-bond donors (Lipinski definition) is 1. The van der Waals surface area contributed by atoms with Crippen molar-refractivity contribution in [3.63, 3.8) is 0 Å². The Morgan fingerprint density at radius 3 is 2.30 bits per heavy atom. The van der Waals surface area contributed by atoms with Crippen LogP contribution in [0.3, 0.4) is 0 Å². The predicted molar refractivity (Wildman–Crippen MR) is 72.6 cm³/mol. The summed E-state index contributed by atoms with van der Waals surface area (Å²) in [6.07, 6.45) is 0.